The second-order valence-corrected chi connectivity index (χ2v) is 6.95. The van der Waals surface area contributed by atoms with Gasteiger partial charge in [-0.05, 0) is 12.1 Å². The first-order valence-electron chi connectivity index (χ1n) is 6.80. The Hall–Kier alpha value is -1.93. The summed E-state index contributed by atoms with van der Waals surface area (Å²) in [5.74, 6) is 1.24. The van der Waals surface area contributed by atoms with Crippen molar-refractivity contribution in [2.24, 2.45) is 7.05 Å². The number of thioether (sulfide) groups is 1. The lowest BCUT2D eigenvalue weighted by molar-refractivity contribution is -0.118. The number of hydrogen-bond donors (Lipinski definition) is 1. The zero-order valence-electron chi connectivity index (χ0n) is 12.0. The number of fused-ring (bicyclic) bond motifs is 1. The normalized spacial score (nSPS) is 11.0. The highest BCUT2D eigenvalue weighted by atomic mass is 32.2. The number of nitrogens with one attached hydrogen (secondary N) is 1. The quantitative estimate of drug-likeness (QED) is 0.697. The molecule has 6 nitrogen and oxygen atoms in total. The minimum Gasteiger partial charge on any atom is -0.355 e. The minimum atomic E-state index is 0.00595. The predicted octanol–water partition coefficient (Wildman–Crippen LogP) is 1.88. The zero-order valence-corrected chi connectivity index (χ0v) is 13.7. The molecule has 0 saturated carbocycles. The average molecular weight is 333 g/mol. The van der Waals surface area contributed by atoms with E-state index in [0.717, 1.165) is 20.4 Å². The fraction of sp³-hybridized carbons (Fsp3) is 0.286. The van der Waals surface area contributed by atoms with Crippen molar-refractivity contribution in [1.82, 2.24) is 25.1 Å². The van der Waals surface area contributed by atoms with Gasteiger partial charge in [0.05, 0.1) is 16.0 Å². The molecule has 0 aliphatic carbocycles. The summed E-state index contributed by atoms with van der Waals surface area (Å²) >= 11 is 3.08. The molecule has 2 heterocycles. The Labute approximate surface area is 136 Å². The highest BCUT2D eigenvalue weighted by Crippen LogP contribution is 2.28. The van der Waals surface area contributed by atoms with Crippen LogP contribution < -0.4 is 5.32 Å². The maximum absolute atomic E-state index is 11.8. The standard InChI is InChI=1S/C14H15N5OS2/c1-19-9-16-18-12(19)6-7-15-13(20)8-21-14-17-10-4-2-3-5-11(10)22-14/h2-5,9H,6-8H2,1H3,(H,15,20). The molecule has 0 atom stereocenters. The number of carbonyl (C=O) groups is 1. The number of benzene rings is 1. The van der Waals surface area contributed by atoms with Crippen LogP contribution in [0.4, 0.5) is 0 Å². The van der Waals surface area contributed by atoms with Crippen LogP contribution in [0.3, 0.4) is 0 Å². The van der Waals surface area contributed by atoms with Gasteiger partial charge in [-0.25, -0.2) is 4.98 Å². The van der Waals surface area contributed by atoms with Crippen molar-refractivity contribution < 1.29 is 4.79 Å². The first-order valence-corrected chi connectivity index (χ1v) is 8.60. The molecule has 0 bridgehead atoms. The second-order valence-electron chi connectivity index (χ2n) is 4.69. The van der Waals surface area contributed by atoms with Crippen LogP contribution >= 0.6 is 23.1 Å². The summed E-state index contributed by atoms with van der Waals surface area (Å²) in [5.41, 5.74) is 0.984. The molecule has 8 heteroatoms. The van der Waals surface area contributed by atoms with Gasteiger partial charge in [-0.1, -0.05) is 23.9 Å². The Morgan fingerprint density at radius 2 is 2.27 bits per heavy atom. The van der Waals surface area contributed by atoms with Crippen LogP contribution in [0.15, 0.2) is 34.9 Å². The minimum absolute atomic E-state index is 0.00595. The Morgan fingerprint density at radius 1 is 1.41 bits per heavy atom. The van der Waals surface area contributed by atoms with Crippen molar-refractivity contribution in [2.75, 3.05) is 12.3 Å². The lowest BCUT2D eigenvalue weighted by Gasteiger charge is -2.03. The van der Waals surface area contributed by atoms with Gasteiger partial charge >= 0.3 is 0 Å². The molecule has 2 aromatic heterocycles. The molecular formula is C14H15N5OS2. The third-order valence-electron chi connectivity index (χ3n) is 3.08. The monoisotopic (exact) mass is 333 g/mol. The molecule has 0 radical (unpaired) electrons. The SMILES string of the molecule is Cn1cnnc1CCNC(=O)CSc1nc2ccccc2s1. The molecule has 0 aliphatic rings. The molecule has 1 amide bonds. The van der Waals surface area contributed by atoms with E-state index in [9.17, 15) is 4.79 Å². The van der Waals surface area contributed by atoms with Gasteiger partial charge in [-0.3, -0.25) is 4.79 Å². The second kappa shape index (κ2) is 6.89. The summed E-state index contributed by atoms with van der Waals surface area (Å²) in [6.07, 6.45) is 2.33. The summed E-state index contributed by atoms with van der Waals surface area (Å²) in [7, 11) is 1.89. The van der Waals surface area contributed by atoms with Crippen LogP contribution in [0.25, 0.3) is 10.2 Å². The smallest absolute Gasteiger partial charge is 0.230 e. The Balaban J connectivity index is 1.45. The number of rotatable bonds is 6. The van der Waals surface area contributed by atoms with Crippen LogP contribution in [-0.4, -0.2) is 38.0 Å². The molecule has 0 spiro atoms. The summed E-state index contributed by atoms with van der Waals surface area (Å²) < 4.78 is 3.92. The van der Waals surface area contributed by atoms with Crippen molar-refractivity contribution in [3.05, 3.63) is 36.4 Å². The predicted molar refractivity (Wildman–Crippen MR) is 88.1 cm³/mol. The number of thiazole rings is 1. The summed E-state index contributed by atoms with van der Waals surface area (Å²) in [6, 6.07) is 7.98. The van der Waals surface area contributed by atoms with E-state index in [1.807, 2.05) is 35.9 Å². The van der Waals surface area contributed by atoms with Gasteiger partial charge in [0.2, 0.25) is 5.91 Å². The van der Waals surface area contributed by atoms with Gasteiger partial charge in [0.1, 0.15) is 12.2 Å². The maximum Gasteiger partial charge on any atom is 0.230 e. The summed E-state index contributed by atoms with van der Waals surface area (Å²) in [4.78, 5) is 16.3. The van der Waals surface area contributed by atoms with Crippen LogP contribution in [0, 0.1) is 0 Å². The van der Waals surface area contributed by atoms with E-state index >= 15 is 0 Å². The first-order chi connectivity index (χ1) is 10.7. The largest absolute Gasteiger partial charge is 0.355 e. The Morgan fingerprint density at radius 3 is 3.05 bits per heavy atom. The molecule has 0 saturated heterocycles. The third-order valence-corrected chi connectivity index (χ3v) is 5.26. The van der Waals surface area contributed by atoms with Crippen molar-refractivity contribution >= 4 is 39.2 Å². The highest BCUT2D eigenvalue weighted by molar-refractivity contribution is 8.01. The van der Waals surface area contributed by atoms with Gasteiger partial charge in [0.25, 0.3) is 0 Å². The van der Waals surface area contributed by atoms with E-state index in [4.69, 9.17) is 0 Å². The number of aromatic nitrogens is 4. The Bertz CT molecular complexity index is 749. The number of nitrogens with zero attached hydrogens (tertiary/aromatic N) is 4. The molecule has 0 fully saturated rings. The zero-order chi connectivity index (χ0) is 15.4. The van der Waals surface area contributed by atoms with E-state index in [2.05, 4.69) is 20.5 Å². The number of carbonyl (C=O) groups excluding carboxylic acids is 1. The van der Waals surface area contributed by atoms with Crippen LogP contribution in [0.1, 0.15) is 5.82 Å². The van der Waals surface area contributed by atoms with Crippen LogP contribution in [0.2, 0.25) is 0 Å². The van der Waals surface area contributed by atoms with E-state index in [-0.39, 0.29) is 5.91 Å². The molecular weight excluding hydrogens is 318 g/mol. The lowest BCUT2D eigenvalue weighted by atomic mass is 10.3. The van der Waals surface area contributed by atoms with Gasteiger partial charge in [0.15, 0.2) is 4.34 Å². The number of para-hydroxylation sites is 1. The van der Waals surface area contributed by atoms with E-state index in [1.165, 1.54) is 11.8 Å². The average Bonchev–Trinajstić information content (AvgIpc) is 3.11. The molecule has 3 rings (SSSR count). The van der Waals surface area contributed by atoms with E-state index < -0.39 is 0 Å². The molecule has 1 aromatic carbocycles. The van der Waals surface area contributed by atoms with Crippen molar-refractivity contribution in [3.63, 3.8) is 0 Å². The number of aryl methyl sites for hydroxylation is 1. The topological polar surface area (TPSA) is 72.7 Å². The number of amides is 1. The summed E-state index contributed by atoms with van der Waals surface area (Å²) in [6.45, 7) is 0.561. The molecule has 3 aromatic rings. The lowest BCUT2D eigenvalue weighted by Crippen LogP contribution is -2.27. The molecule has 0 aliphatic heterocycles. The van der Waals surface area contributed by atoms with Crippen molar-refractivity contribution in [3.8, 4) is 0 Å². The maximum atomic E-state index is 11.8. The summed E-state index contributed by atoms with van der Waals surface area (Å²) in [5, 5.41) is 10.7. The van der Waals surface area contributed by atoms with Crippen molar-refractivity contribution in [1.29, 1.82) is 0 Å². The first kappa shape index (κ1) is 15.0. The highest BCUT2D eigenvalue weighted by Gasteiger charge is 2.08. The fourth-order valence-electron chi connectivity index (χ4n) is 1.94. The fourth-order valence-corrected chi connectivity index (χ4v) is 3.84. The molecule has 0 unspecified atom stereocenters. The van der Waals surface area contributed by atoms with Gasteiger partial charge in [0, 0.05) is 20.0 Å². The van der Waals surface area contributed by atoms with Gasteiger partial charge in [-0.2, -0.15) is 0 Å². The molecule has 22 heavy (non-hydrogen) atoms. The van der Waals surface area contributed by atoms with Crippen LogP contribution in [0.5, 0.6) is 0 Å². The molecule has 1 N–H and O–H groups in total. The van der Waals surface area contributed by atoms with Gasteiger partial charge < -0.3 is 9.88 Å². The van der Waals surface area contributed by atoms with E-state index in [0.29, 0.717) is 18.7 Å². The third kappa shape index (κ3) is 3.63. The molecule has 114 valence electrons. The van der Waals surface area contributed by atoms with E-state index in [1.54, 1.807) is 17.7 Å². The number of hydrogen-bond acceptors (Lipinski definition) is 6. The van der Waals surface area contributed by atoms with Crippen LogP contribution in [-0.2, 0) is 18.3 Å². The van der Waals surface area contributed by atoms with Crippen molar-refractivity contribution in [2.45, 2.75) is 10.8 Å². The van der Waals surface area contributed by atoms with Gasteiger partial charge in [-0.15, -0.1) is 21.5 Å². The Kier molecular flexibility index (Phi) is 4.69.